The van der Waals surface area contributed by atoms with Gasteiger partial charge >= 0.3 is 5.97 Å². The summed E-state index contributed by atoms with van der Waals surface area (Å²) < 4.78 is 4.84. The van der Waals surface area contributed by atoms with Crippen LogP contribution >= 0.6 is 23.2 Å². The molecule has 0 aromatic heterocycles. The van der Waals surface area contributed by atoms with Crippen LogP contribution in [-0.2, 0) is 20.7 Å². The third-order valence-electron chi connectivity index (χ3n) is 3.10. The third kappa shape index (κ3) is 5.77. The normalized spacial score (nSPS) is 10.0. The number of hydrogen-bond donors (Lipinski definition) is 2. The van der Waals surface area contributed by atoms with Crippen molar-refractivity contribution >= 4 is 41.0 Å². The lowest BCUT2D eigenvalue weighted by atomic mass is 10.1. The molecular weight excluding hydrogens is 367 g/mol. The van der Waals surface area contributed by atoms with E-state index in [1.807, 2.05) is 0 Å². The van der Waals surface area contributed by atoms with E-state index in [0.717, 1.165) is 0 Å². The number of halogens is 2. The van der Waals surface area contributed by atoms with Crippen molar-refractivity contribution < 1.29 is 19.1 Å². The first kappa shape index (κ1) is 18.8. The Hall–Kier alpha value is -2.57. The Morgan fingerprint density at radius 1 is 0.880 bits per heavy atom. The van der Waals surface area contributed by atoms with E-state index in [2.05, 4.69) is 10.9 Å². The highest BCUT2D eigenvalue weighted by molar-refractivity contribution is 6.36. The molecule has 2 N–H and O–H groups in total. The zero-order valence-electron chi connectivity index (χ0n) is 12.9. The molecule has 0 atom stereocenters. The fraction of sp³-hybridized carbons (Fsp3) is 0.118. The van der Waals surface area contributed by atoms with Crippen LogP contribution in [0.2, 0.25) is 10.0 Å². The van der Waals surface area contributed by atoms with Gasteiger partial charge in [-0.3, -0.25) is 25.2 Å². The molecule has 0 aliphatic carbocycles. The molecule has 0 aliphatic rings. The SMILES string of the molecule is O=C(COC(=O)Cc1c(Cl)cccc1Cl)NNC(=O)c1ccccc1. The van der Waals surface area contributed by atoms with Crippen molar-refractivity contribution in [1.29, 1.82) is 0 Å². The topological polar surface area (TPSA) is 84.5 Å². The van der Waals surface area contributed by atoms with Crippen molar-refractivity contribution in [3.05, 3.63) is 69.7 Å². The van der Waals surface area contributed by atoms with E-state index < -0.39 is 24.4 Å². The van der Waals surface area contributed by atoms with Gasteiger partial charge in [0.25, 0.3) is 11.8 Å². The fourth-order valence-corrected chi connectivity index (χ4v) is 2.40. The summed E-state index contributed by atoms with van der Waals surface area (Å²) in [5.74, 6) is -1.83. The first-order valence-corrected chi connectivity index (χ1v) is 7.95. The molecule has 0 saturated heterocycles. The minimum Gasteiger partial charge on any atom is -0.455 e. The van der Waals surface area contributed by atoms with Crippen molar-refractivity contribution in [3.8, 4) is 0 Å². The van der Waals surface area contributed by atoms with Gasteiger partial charge in [0.2, 0.25) is 0 Å². The van der Waals surface area contributed by atoms with Crippen molar-refractivity contribution in [2.24, 2.45) is 0 Å². The molecule has 130 valence electrons. The molecule has 8 heteroatoms. The van der Waals surface area contributed by atoms with Crippen molar-refractivity contribution in [3.63, 3.8) is 0 Å². The maximum absolute atomic E-state index is 11.8. The van der Waals surface area contributed by atoms with E-state index in [0.29, 0.717) is 21.2 Å². The summed E-state index contributed by atoms with van der Waals surface area (Å²) in [4.78, 5) is 35.1. The number of hydrogen-bond acceptors (Lipinski definition) is 4. The predicted octanol–water partition coefficient (Wildman–Crippen LogP) is 2.54. The quantitative estimate of drug-likeness (QED) is 0.616. The van der Waals surface area contributed by atoms with Crippen LogP contribution in [0.5, 0.6) is 0 Å². The number of esters is 1. The average molecular weight is 381 g/mol. The van der Waals surface area contributed by atoms with E-state index >= 15 is 0 Å². The monoisotopic (exact) mass is 380 g/mol. The maximum Gasteiger partial charge on any atom is 0.310 e. The highest BCUT2D eigenvalue weighted by Crippen LogP contribution is 2.24. The van der Waals surface area contributed by atoms with Gasteiger partial charge in [-0.2, -0.15) is 0 Å². The van der Waals surface area contributed by atoms with Gasteiger partial charge in [-0.1, -0.05) is 47.5 Å². The van der Waals surface area contributed by atoms with E-state index in [1.165, 1.54) is 0 Å². The fourth-order valence-electron chi connectivity index (χ4n) is 1.87. The number of nitrogens with one attached hydrogen (secondary N) is 2. The van der Waals surface area contributed by atoms with Gasteiger partial charge in [-0.15, -0.1) is 0 Å². The molecule has 2 amide bonds. The van der Waals surface area contributed by atoms with Gasteiger partial charge in [0.15, 0.2) is 6.61 Å². The highest BCUT2D eigenvalue weighted by Gasteiger charge is 2.14. The molecule has 0 heterocycles. The number of ether oxygens (including phenoxy) is 1. The molecule has 0 unspecified atom stereocenters. The minimum absolute atomic E-state index is 0.165. The maximum atomic E-state index is 11.8. The van der Waals surface area contributed by atoms with Gasteiger partial charge in [-0.25, -0.2) is 0 Å². The van der Waals surface area contributed by atoms with Crippen molar-refractivity contribution in [1.82, 2.24) is 10.9 Å². The molecule has 0 bridgehead atoms. The summed E-state index contributed by atoms with van der Waals surface area (Å²) in [5.41, 5.74) is 5.18. The van der Waals surface area contributed by atoms with Gasteiger partial charge in [0, 0.05) is 21.2 Å². The first-order chi connectivity index (χ1) is 12.0. The number of hydrazine groups is 1. The van der Waals surface area contributed by atoms with Crippen LogP contribution in [0, 0.1) is 0 Å². The Morgan fingerprint density at radius 2 is 1.52 bits per heavy atom. The molecule has 25 heavy (non-hydrogen) atoms. The molecule has 2 aromatic rings. The molecular formula is C17H14Cl2N2O4. The largest absolute Gasteiger partial charge is 0.455 e. The molecule has 0 fully saturated rings. The van der Waals surface area contributed by atoms with Gasteiger partial charge < -0.3 is 4.74 Å². The van der Waals surface area contributed by atoms with Crippen LogP contribution in [0.3, 0.4) is 0 Å². The highest BCUT2D eigenvalue weighted by atomic mass is 35.5. The second-order valence-corrected chi connectivity index (χ2v) is 5.72. The number of rotatable bonds is 5. The Morgan fingerprint density at radius 3 is 2.16 bits per heavy atom. The van der Waals surface area contributed by atoms with E-state index in [1.54, 1.807) is 48.5 Å². The summed E-state index contributed by atoms with van der Waals surface area (Å²) >= 11 is 11.9. The molecule has 2 aromatic carbocycles. The first-order valence-electron chi connectivity index (χ1n) is 7.20. The summed E-state index contributed by atoms with van der Waals surface area (Å²) in [5, 5.41) is 0.674. The standard InChI is InChI=1S/C17H14Cl2N2O4/c18-13-7-4-8-14(19)12(13)9-16(23)25-10-15(22)20-21-17(24)11-5-2-1-3-6-11/h1-8H,9-10H2,(H,20,22)(H,21,24). The Kier molecular flexibility index (Phi) is 6.80. The van der Waals surface area contributed by atoms with E-state index in [9.17, 15) is 14.4 Å². The number of carbonyl (C=O) groups is 3. The van der Waals surface area contributed by atoms with E-state index in [-0.39, 0.29) is 6.42 Å². The van der Waals surface area contributed by atoms with E-state index in [4.69, 9.17) is 27.9 Å². The van der Waals surface area contributed by atoms with Crippen molar-refractivity contribution in [2.75, 3.05) is 6.61 Å². The predicted molar refractivity (Wildman–Crippen MR) is 93.2 cm³/mol. The number of amides is 2. The lowest BCUT2D eigenvalue weighted by molar-refractivity contribution is -0.148. The van der Waals surface area contributed by atoms with Crippen LogP contribution < -0.4 is 10.9 Å². The lowest BCUT2D eigenvalue weighted by Gasteiger charge is -2.09. The second-order valence-electron chi connectivity index (χ2n) is 4.91. The van der Waals surface area contributed by atoms with Crippen LogP contribution in [0.4, 0.5) is 0 Å². The van der Waals surface area contributed by atoms with Crippen LogP contribution in [0.15, 0.2) is 48.5 Å². The molecule has 6 nitrogen and oxygen atoms in total. The zero-order valence-corrected chi connectivity index (χ0v) is 14.4. The second kappa shape index (κ2) is 9.05. The molecule has 0 radical (unpaired) electrons. The van der Waals surface area contributed by atoms with Crippen LogP contribution in [0.1, 0.15) is 15.9 Å². The molecule has 0 aliphatic heterocycles. The summed E-state index contributed by atoms with van der Waals surface area (Å²) in [7, 11) is 0. The minimum atomic E-state index is -0.678. The smallest absolute Gasteiger partial charge is 0.310 e. The molecule has 0 spiro atoms. The molecule has 0 saturated carbocycles. The zero-order chi connectivity index (χ0) is 18.2. The number of carbonyl (C=O) groups excluding carboxylic acids is 3. The molecule has 2 rings (SSSR count). The lowest BCUT2D eigenvalue weighted by Crippen LogP contribution is -2.43. The summed E-state index contributed by atoms with van der Waals surface area (Å²) in [6.07, 6.45) is -0.165. The van der Waals surface area contributed by atoms with Gasteiger partial charge in [-0.05, 0) is 24.3 Å². The Labute approximate surface area is 154 Å². The third-order valence-corrected chi connectivity index (χ3v) is 3.81. The summed E-state index contributed by atoms with van der Waals surface area (Å²) in [6, 6.07) is 13.2. The van der Waals surface area contributed by atoms with Crippen molar-refractivity contribution in [2.45, 2.75) is 6.42 Å². The Balaban J connectivity index is 1.76. The summed E-state index contributed by atoms with van der Waals surface area (Å²) in [6.45, 7) is -0.546. The van der Waals surface area contributed by atoms with Gasteiger partial charge in [0.1, 0.15) is 0 Å². The Bertz CT molecular complexity index is 761. The number of benzene rings is 2. The van der Waals surface area contributed by atoms with Gasteiger partial charge in [0.05, 0.1) is 6.42 Å². The van der Waals surface area contributed by atoms with Crippen LogP contribution in [-0.4, -0.2) is 24.4 Å². The average Bonchev–Trinajstić information content (AvgIpc) is 2.62. The van der Waals surface area contributed by atoms with Crippen LogP contribution in [0.25, 0.3) is 0 Å².